The molecule has 1 fully saturated rings. The van der Waals surface area contributed by atoms with Crippen molar-refractivity contribution in [2.24, 2.45) is 0 Å². The Kier molecular flexibility index (Phi) is 5.96. The summed E-state index contributed by atoms with van der Waals surface area (Å²) in [7, 11) is 0. The van der Waals surface area contributed by atoms with Gasteiger partial charge in [0.05, 0.1) is 0 Å². The second kappa shape index (κ2) is 7.32. The van der Waals surface area contributed by atoms with Crippen LogP contribution in [0.4, 0.5) is 0 Å². The van der Waals surface area contributed by atoms with Crippen molar-refractivity contribution in [3.05, 3.63) is 33.8 Å². The van der Waals surface area contributed by atoms with Gasteiger partial charge in [-0.2, -0.15) is 0 Å². The predicted molar refractivity (Wildman–Crippen MR) is 92.3 cm³/mol. The first-order valence-corrected chi connectivity index (χ1v) is 8.68. The Morgan fingerprint density at radius 1 is 1.29 bits per heavy atom. The zero-order chi connectivity index (χ0) is 15.5. The monoisotopic (exact) mass is 328 g/mol. The quantitative estimate of drug-likeness (QED) is 0.859. The number of hydrogen-bond acceptors (Lipinski definition) is 2. The Labute approximate surface area is 138 Å². The second-order valence-electron chi connectivity index (χ2n) is 6.19. The summed E-state index contributed by atoms with van der Waals surface area (Å²) in [6.07, 6.45) is 3.48. The molecule has 1 unspecified atom stereocenters. The highest BCUT2D eigenvalue weighted by atomic mass is 35.5. The molecule has 1 aromatic rings. The highest BCUT2D eigenvalue weighted by Gasteiger charge is 2.32. The Balaban J connectivity index is 2.18. The van der Waals surface area contributed by atoms with Gasteiger partial charge in [-0.1, -0.05) is 43.1 Å². The number of hydrogen-bond donors (Lipinski definition) is 1. The zero-order valence-corrected chi connectivity index (χ0v) is 14.8. The molecule has 1 aromatic carbocycles. The van der Waals surface area contributed by atoms with E-state index in [1.165, 1.54) is 6.42 Å². The van der Waals surface area contributed by atoms with Gasteiger partial charge in [0.15, 0.2) is 0 Å². The molecule has 0 spiro atoms. The SMILES string of the molecule is CCC1(CC)CN(Cc2ccc(Cl)cc2Cl)C(C)CCN1. The third-order valence-corrected chi connectivity index (χ3v) is 5.52. The average molecular weight is 329 g/mol. The standard InChI is InChI=1S/C17H26Cl2N2/c1-4-17(5-2)12-21(13(3)8-9-20-17)11-14-6-7-15(18)10-16(14)19/h6-7,10,13,20H,4-5,8-9,11-12H2,1-3H3. The molecule has 21 heavy (non-hydrogen) atoms. The molecule has 0 aliphatic carbocycles. The van der Waals surface area contributed by atoms with E-state index in [0.717, 1.165) is 43.1 Å². The highest BCUT2D eigenvalue weighted by molar-refractivity contribution is 6.35. The van der Waals surface area contributed by atoms with E-state index in [-0.39, 0.29) is 5.54 Å². The van der Waals surface area contributed by atoms with Crippen LogP contribution in [0.25, 0.3) is 0 Å². The summed E-state index contributed by atoms with van der Waals surface area (Å²) in [6, 6.07) is 6.38. The molecule has 1 saturated heterocycles. The van der Waals surface area contributed by atoms with Crippen LogP contribution >= 0.6 is 23.2 Å². The van der Waals surface area contributed by atoms with Gasteiger partial charge in [0, 0.05) is 34.7 Å². The predicted octanol–water partition coefficient (Wildman–Crippen LogP) is 4.74. The molecule has 2 nitrogen and oxygen atoms in total. The van der Waals surface area contributed by atoms with Crippen molar-refractivity contribution in [3.8, 4) is 0 Å². The van der Waals surface area contributed by atoms with E-state index >= 15 is 0 Å². The van der Waals surface area contributed by atoms with E-state index in [4.69, 9.17) is 23.2 Å². The zero-order valence-electron chi connectivity index (χ0n) is 13.3. The van der Waals surface area contributed by atoms with Crippen LogP contribution in [-0.4, -0.2) is 29.6 Å². The Morgan fingerprint density at radius 3 is 2.62 bits per heavy atom. The second-order valence-corrected chi connectivity index (χ2v) is 7.04. The highest BCUT2D eigenvalue weighted by Crippen LogP contribution is 2.27. The first-order chi connectivity index (χ1) is 9.99. The van der Waals surface area contributed by atoms with Crippen LogP contribution in [-0.2, 0) is 6.54 Å². The van der Waals surface area contributed by atoms with Crippen LogP contribution in [0.3, 0.4) is 0 Å². The first kappa shape index (κ1) is 17.1. The van der Waals surface area contributed by atoms with Gasteiger partial charge in [-0.25, -0.2) is 0 Å². The molecule has 1 aliphatic rings. The molecule has 1 N–H and O–H groups in total. The molecule has 0 amide bonds. The van der Waals surface area contributed by atoms with Crippen molar-refractivity contribution in [3.63, 3.8) is 0 Å². The molecule has 0 bridgehead atoms. The van der Waals surface area contributed by atoms with Gasteiger partial charge in [0.1, 0.15) is 0 Å². The maximum absolute atomic E-state index is 6.35. The van der Waals surface area contributed by atoms with Crippen LogP contribution < -0.4 is 5.32 Å². The molecule has 2 rings (SSSR count). The van der Waals surface area contributed by atoms with Gasteiger partial charge in [-0.05, 0) is 50.4 Å². The van der Waals surface area contributed by atoms with E-state index in [1.54, 1.807) is 0 Å². The molecule has 118 valence electrons. The molecular weight excluding hydrogens is 303 g/mol. The fourth-order valence-corrected chi connectivity index (χ4v) is 3.60. The largest absolute Gasteiger partial charge is 0.310 e. The van der Waals surface area contributed by atoms with Gasteiger partial charge in [-0.3, -0.25) is 4.90 Å². The number of nitrogens with zero attached hydrogens (tertiary/aromatic N) is 1. The molecule has 1 atom stereocenters. The van der Waals surface area contributed by atoms with E-state index in [9.17, 15) is 0 Å². The van der Waals surface area contributed by atoms with Crippen molar-refractivity contribution in [1.82, 2.24) is 10.2 Å². The van der Waals surface area contributed by atoms with Crippen LogP contribution in [0.15, 0.2) is 18.2 Å². The smallest absolute Gasteiger partial charge is 0.0465 e. The molecule has 0 saturated carbocycles. The van der Waals surface area contributed by atoms with E-state index in [1.807, 2.05) is 12.1 Å². The molecule has 0 radical (unpaired) electrons. The Hall–Kier alpha value is -0.280. The van der Waals surface area contributed by atoms with Crippen molar-refractivity contribution >= 4 is 23.2 Å². The Morgan fingerprint density at radius 2 is 2.00 bits per heavy atom. The van der Waals surface area contributed by atoms with Crippen LogP contribution in [0, 0.1) is 0 Å². The number of benzene rings is 1. The van der Waals surface area contributed by atoms with Gasteiger partial charge < -0.3 is 5.32 Å². The van der Waals surface area contributed by atoms with Gasteiger partial charge >= 0.3 is 0 Å². The van der Waals surface area contributed by atoms with Crippen LogP contribution in [0.5, 0.6) is 0 Å². The van der Waals surface area contributed by atoms with E-state index in [0.29, 0.717) is 11.1 Å². The number of halogens is 2. The number of nitrogens with one attached hydrogen (secondary N) is 1. The summed E-state index contributed by atoms with van der Waals surface area (Å²) >= 11 is 12.3. The van der Waals surface area contributed by atoms with Gasteiger partial charge in [0.25, 0.3) is 0 Å². The molecular formula is C17H26Cl2N2. The van der Waals surface area contributed by atoms with Crippen molar-refractivity contribution in [2.75, 3.05) is 13.1 Å². The summed E-state index contributed by atoms with van der Waals surface area (Å²) in [6.45, 7) is 9.92. The topological polar surface area (TPSA) is 15.3 Å². The van der Waals surface area contributed by atoms with Gasteiger partial charge in [-0.15, -0.1) is 0 Å². The lowest BCUT2D eigenvalue weighted by Crippen LogP contribution is -2.51. The lowest BCUT2D eigenvalue weighted by molar-refractivity contribution is 0.152. The minimum absolute atomic E-state index is 0.226. The average Bonchev–Trinajstić information content (AvgIpc) is 2.62. The van der Waals surface area contributed by atoms with E-state index < -0.39 is 0 Å². The summed E-state index contributed by atoms with van der Waals surface area (Å²) in [4.78, 5) is 2.56. The van der Waals surface area contributed by atoms with Crippen molar-refractivity contribution in [1.29, 1.82) is 0 Å². The third kappa shape index (κ3) is 4.13. The van der Waals surface area contributed by atoms with Crippen LogP contribution in [0.1, 0.15) is 45.6 Å². The molecule has 0 aromatic heterocycles. The molecule has 1 heterocycles. The lowest BCUT2D eigenvalue weighted by atomic mass is 9.92. The minimum atomic E-state index is 0.226. The maximum atomic E-state index is 6.35. The molecule has 1 aliphatic heterocycles. The van der Waals surface area contributed by atoms with Crippen molar-refractivity contribution in [2.45, 2.75) is 58.2 Å². The van der Waals surface area contributed by atoms with Crippen molar-refractivity contribution < 1.29 is 0 Å². The maximum Gasteiger partial charge on any atom is 0.0465 e. The number of rotatable bonds is 4. The third-order valence-electron chi connectivity index (χ3n) is 4.93. The molecule has 4 heteroatoms. The van der Waals surface area contributed by atoms with Crippen LogP contribution in [0.2, 0.25) is 10.0 Å². The fraction of sp³-hybridized carbons (Fsp3) is 0.647. The first-order valence-electron chi connectivity index (χ1n) is 7.92. The Bertz CT molecular complexity index is 472. The summed E-state index contributed by atoms with van der Waals surface area (Å²) in [5, 5.41) is 5.24. The minimum Gasteiger partial charge on any atom is -0.310 e. The summed E-state index contributed by atoms with van der Waals surface area (Å²) in [5.74, 6) is 0. The normalized spacial score (nSPS) is 23.0. The van der Waals surface area contributed by atoms with Gasteiger partial charge in [0.2, 0.25) is 0 Å². The fourth-order valence-electron chi connectivity index (χ4n) is 3.13. The lowest BCUT2D eigenvalue weighted by Gasteiger charge is -2.37. The summed E-state index contributed by atoms with van der Waals surface area (Å²) < 4.78 is 0. The summed E-state index contributed by atoms with van der Waals surface area (Å²) in [5.41, 5.74) is 1.39. The van der Waals surface area contributed by atoms with E-state index in [2.05, 4.69) is 37.1 Å².